The van der Waals surface area contributed by atoms with Gasteiger partial charge in [0.2, 0.25) is 11.8 Å². The molecule has 0 saturated carbocycles. The molecule has 0 radical (unpaired) electrons. The second-order valence-corrected chi connectivity index (χ2v) is 10.5. The van der Waals surface area contributed by atoms with Gasteiger partial charge >= 0.3 is 18.2 Å². The predicted octanol–water partition coefficient (Wildman–Crippen LogP) is 1.97. The number of aromatic nitrogens is 1. The number of hydrogen-bond acceptors (Lipinski definition) is 8. The molecule has 3 N–H and O–H groups in total. The highest BCUT2D eigenvalue weighted by molar-refractivity contribution is 7.17. The third-order valence-electron chi connectivity index (χ3n) is 6.55. The maximum absolute atomic E-state index is 13.6. The summed E-state index contributed by atoms with van der Waals surface area (Å²) >= 11 is 0.893. The molecule has 2 aliphatic heterocycles. The fourth-order valence-electron chi connectivity index (χ4n) is 4.52. The number of aldehydes is 1. The number of carboxylic acid groups (broad SMARTS) is 1. The van der Waals surface area contributed by atoms with E-state index >= 15 is 0 Å². The normalized spacial score (nSPS) is 18.2. The van der Waals surface area contributed by atoms with Crippen molar-refractivity contribution in [2.75, 3.05) is 13.1 Å². The molecule has 3 heterocycles. The quantitative estimate of drug-likeness (QED) is 0.381. The summed E-state index contributed by atoms with van der Waals surface area (Å²) in [4.78, 5) is 79.2. The first-order chi connectivity index (χ1) is 19.8. The number of hydrogen-bond donors (Lipinski definition) is 3. The number of rotatable bonds is 8. The third-order valence-corrected chi connectivity index (χ3v) is 7.76. The van der Waals surface area contributed by atoms with Crippen LogP contribution < -0.4 is 10.7 Å². The maximum atomic E-state index is 13.6. The van der Waals surface area contributed by atoms with E-state index in [-0.39, 0.29) is 47.8 Å². The molecule has 2 fully saturated rings. The Bertz CT molecular complexity index is 1410. The largest absolute Gasteiger partial charge is 0.481 e. The zero-order valence-electron chi connectivity index (χ0n) is 22.0. The van der Waals surface area contributed by atoms with Crippen molar-refractivity contribution in [2.24, 2.45) is 0 Å². The van der Waals surface area contributed by atoms with Crippen molar-refractivity contribution in [3.63, 3.8) is 0 Å². The lowest BCUT2D eigenvalue weighted by Gasteiger charge is -2.42. The highest BCUT2D eigenvalue weighted by Gasteiger charge is 2.44. The summed E-state index contributed by atoms with van der Waals surface area (Å²) in [5.41, 5.74) is 2.19. The second kappa shape index (κ2) is 12.1. The van der Waals surface area contributed by atoms with Crippen molar-refractivity contribution >= 4 is 47.3 Å². The summed E-state index contributed by atoms with van der Waals surface area (Å²) in [6.07, 6.45) is -4.68. The summed E-state index contributed by atoms with van der Waals surface area (Å²) in [5, 5.41) is 14.4. The van der Waals surface area contributed by atoms with Crippen molar-refractivity contribution in [1.82, 2.24) is 30.8 Å². The topological polar surface area (TPSA) is 169 Å². The van der Waals surface area contributed by atoms with Gasteiger partial charge in [-0.15, -0.1) is 11.3 Å². The second-order valence-electron chi connectivity index (χ2n) is 9.50. The van der Waals surface area contributed by atoms with Gasteiger partial charge in [0.1, 0.15) is 22.2 Å². The predicted molar refractivity (Wildman–Crippen MR) is 138 cm³/mol. The lowest BCUT2D eigenvalue weighted by atomic mass is 10.1. The first kappa shape index (κ1) is 30.4. The van der Waals surface area contributed by atoms with Crippen LogP contribution in [-0.4, -0.2) is 86.3 Å². The van der Waals surface area contributed by atoms with Gasteiger partial charge < -0.3 is 15.2 Å². The summed E-state index contributed by atoms with van der Waals surface area (Å²) in [5.74, 6) is -3.43. The molecular weight excluding hydrogens is 585 g/mol. The molecule has 224 valence electrons. The molecule has 42 heavy (non-hydrogen) atoms. The number of nitrogens with one attached hydrogen (secondary N) is 2. The standard InChI is InChI=1S/C25H25F3N6O7S/c1-13-20(42-23(29-13)14-4-6-15(7-5-14)25(26,27)28)22(40)31-32-10-8-18(36)33-9-2-3-17(34(33)24(32)41)21(39)30-16(12-35)11-19(37)38/h4-7,12,16-17H,2-3,8-11H2,1H3,(H,30,39)(H,31,40)(H,37,38). The van der Waals surface area contributed by atoms with Gasteiger partial charge in [0.05, 0.1) is 30.3 Å². The van der Waals surface area contributed by atoms with Gasteiger partial charge in [-0.2, -0.15) is 13.2 Å². The number of urea groups is 1. The Balaban J connectivity index is 1.53. The number of nitrogens with zero attached hydrogens (tertiary/aromatic N) is 4. The van der Waals surface area contributed by atoms with E-state index in [0.29, 0.717) is 12.0 Å². The number of halogens is 3. The Morgan fingerprint density at radius 1 is 1.19 bits per heavy atom. The number of fused-ring (bicyclic) bond motifs is 1. The molecule has 5 amide bonds. The van der Waals surface area contributed by atoms with Crippen LogP contribution in [0.3, 0.4) is 0 Å². The molecule has 4 rings (SSSR count). The van der Waals surface area contributed by atoms with E-state index in [9.17, 15) is 41.9 Å². The SMILES string of the molecule is Cc1nc(-c2ccc(C(F)(F)F)cc2)sc1C(=O)NN1CCC(=O)N2CCCC(C(=O)NC(C=O)CC(=O)O)N2C1=O. The number of alkyl halides is 3. The first-order valence-electron chi connectivity index (χ1n) is 12.6. The van der Waals surface area contributed by atoms with Crippen LogP contribution in [-0.2, 0) is 25.4 Å². The van der Waals surface area contributed by atoms with Gasteiger partial charge in [0.25, 0.3) is 5.91 Å². The number of aliphatic carboxylic acids is 1. The van der Waals surface area contributed by atoms with Gasteiger partial charge in [0.15, 0.2) is 0 Å². The monoisotopic (exact) mass is 610 g/mol. The number of carbonyl (C=O) groups is 6. The van der Waals surface area contributed by atoms with Gasteiger partial charge in [-0.05, 0) is 31.9 Å². The van der Waals surface area contributed by atoms with Crippen molar-refractivity contribution in [3.8, 4) is 10.6 Å². The van der Waals surface area contributed by atoms with E-state index in [0.717, 1.165) is 38.5 Å². The Morgan fingerprint density at radius 3 is 2.50 bits per heavy atom. The lowest BCUT2D eigenvalue weighted by molar-refractivity contribution is -0.155. The minimum atomic E-state index is -4.51. The first-order valence-corrected chi connectivity index (χ1v) is 13.5. The number of carboxylic acids is 1. The number of benzene rings is 1. The van der Waals surface area contributed by atoms with Crippen LogP contribution >= 0.6 is 11.3 Å². The van der Waals surface area contributed by atoms with Crippen LogP contribution in [0.4, 0.5) is 18.0 Å². The molecule has 17 heteroatoms. The summed E-state index contributed by atoms with van der Waals surface area (Å²) < 4.78 is 38.7. The lowest BCUT2D eigenvalue weighted by Crippen LogP contribution is -2.64. The van der Waals surface area contributed by atoms with E-state index in [1.807, 2.05) is 0 Å². The molecule has 1 aromatic carbocycles. The van der Waals surface area contributed by atoms with E-state index in [4.69, 9.17) is 5.11 Å². The fourth-order valence-corrected chi connectivity index (χ4v) is 5.48. The molecule has 2 aromatic rings. The number of hydrazine groups is 2. The molecule has 0 spiro atoms. The Morgan fingerprint density at radius 2 is 1.88 bits per heavy atom. The van der Waals surface area contributed by atoms with E-state index in [1.165, 1.54) is 19.1 Å². The number of amides is 5. The molecule has 0 bridgehead atoms. The third kappa shape index (κ3) is 6.50. The molecule has 0 aliphatic carbocycles. The van der Waals surface area contributed by atoms with Crippen molar-refractivity contribution in [2.45, 2.75) is 50.9 Å². The Hall–Kier alpha value is -4.54. The fraction of sp³-hybridized carbons (Fsp3) is 0.400. The minimum Gasteiger partial charge on any atom is -0.481 e. The average molecular weight is 611 g/mol. The van der Waals surface area contributed by atoms with Crippen LogP contribution in [0.1, 0.15) is 46.6 Å². The molecule has 2 atom stereocenters. The van der Waals surface area contributed by atoms with Gasteiger partial charge in [-0.3, -0.25) is 24.6 Å². The van der Waals surface area contributed by atoms with Crippen LogP contribution in [0.25, 0.3) is 10.6 Å². The summed E-state index contributed by atoms with van der Waals surface area (Å²) in [7, 11) is 0. The van der Waals surface area contributed by atoms with Crippen LogP contribution in [0.2, 0.25) is 0 Å². The van der Waals surface area contributed by atoms with Crippen LogP contribution in [0.15, 0.2) is 24.3 Å². The van der Waals surface area contributed by atoms with Gasteiger partial charge in [0, 0.05) is 18.5 Å². The molecule has 2 unspecified atom stereocenters. The average Bonchev–Trinajstić information content (AvgIpc) is 3.29. The smallest absolute Gasteiger partial charge is 0.416 e. The van der Waals surface area contributed by atoms with Crippen LogP contribution in [0.5, 0.6) is 0 Å². The number of thiazole rings is 1. The van der Waals surface area contributed by atoms with Gasteiger partial charge in [-0.1, -0.05) is 12.1 Å². The zero-order chi connectivity index (χ0) is 30.8. The highest BCUT2D eigenvalue weighted by Crippen LogP contribution is 2.33. The van der Waals surface area contributed by atoms with E-state index in [2.05, 4.69) is 15.7 Å². The van der Waals surface area contributed by atoms with E-state index in [1.54, 1.807) is 0 Å². The molecule has 2 saturated heterocycles. The Labute approximate surface area is 240 Å². The van der Waals surface area contributed by atoms with Crippen molar-refractivity contribution in [3.05, 3.63) is 40.4 Å². The molecule has 13 nitrogen and oxygen atoms in total. The summed E-state index contributed by atoms with van der Waals surface area (Å²) in [6, 6.07) is 0.735. The van der Waals surface area contributed by atoms with E-state index < -0.39 is 60.0 Å². The van der Waals surface area contributed by atoms with Gasteiger partial charge in [-0.25, -0.2) is 24.8 Å². The zero-order valence-corrected chi connectivity index (χ0v) is 22.8. The molecule has 1 aromatic heterocycles. The van der Waals surface area contributed by atoms with Crippen molar-refractivity contribution in [1.29, 1.82) is 0 Å². The molecular formula is C25H25F3N6O7S. The number of aryl methyl sites for hydroxylation is 1. The maximum Gasteiger partial charge on any atom is 0.416 e. The highest BCUT2D eigenvalue weighted by atomic mass is 32.1. The summed E-state index contributed by atoms with van der Waals surface area (Å²) in [6.45, 7) is 1.40. The van der Waals surface area contributed by atoms with Crippen LogP contribution in [0, 0.1) is 6.92 Å². The van der Waals surface area contributed by atoms with Crippen molar-refractivity contribution < 1.29 is 47.0 Å². The molecule has 2 aliphatic rings. The number of carbonyl (C=O) groups excluding carboxylic acids is 5. The minimum absolute atomic E-state index is 0.0700. The Kier molecular flexibility index (Phi) is 8.79.